The number of hydrogen-bond donors (Lipinski definition) is 1. The van der Waals surface area contributed by atoms with E-state index in [1.165, 1.54) is 6.07 Å². The average Bonchev–Trinajstić information content (AvgIpc) is 2.51. The lowest BCUT2D eigenvalue weighted by atomic mass is 9.75. The number of hydrogen-bond acceptors (Lipinski definition) is 3. The van der Waals surface area contributed by atoms with E-state index in [0.29, 0.717) is 11.0 Å². The van der Waals surface area contributed by atoms with Crippen LogP contribution in [0, 0.1) is 12.7 Å². The molecule has 1 fully saturated rings. The topological polar surface area (TPSA) is 61.6 Å². The van der Waals surface area contributed by atoms with Crippen molar-refractivity contribution in [1.82, 2.24) is 0 Å². The van der Waals surface area contributed by atoms with E-state index in [4.69, 9.17) is 15.0 Å². The SMILES string of the molecule is Cc1c(F)cc(C(N)=O)cc1B1OC(C)(C)C(C)(C)O1. The molecule has 20 heavy (non-hydrogen) atoms. The largest absolute Gasteiger partial charge is 0.495 e. The van der Waals surface area contributed by atoms with E-state index in [-0.39, 0.29) is 5.56 Å². The maximum absolute atomic E-state index is 13.9. The fraction of sp³-hybridized carbons (Fsp3) is 0.500. The van der Waals surface area contributed by atoms with Gasteiger partial charge in [0.1, 0.15) is 5.82 Å². The van der Waals surface area contributed by atoms with E-state index in [2.05, 4.69) is 0 Å². The van der Waals surface area contributed by atoms with Crippen molar-refractivity contribution < 1.29 is 18.5 Å². The molecule has 4 nitrogen and oxygen atoms in total. The van der Waals surface area contributed by atoms with Crippen LogP contribution >= 0.6 is 0 Å². The first-order valence-corrected chi connectivity index (χ1v) is 6.50. The molecule has 2 N–H and O–H groups in total. The molecule has 1 aliphatic rings. The molecule has 1 heterocycles. The fourth-order valence-corrected chi connectivity index (χ4v) is 2.06. The Morgan fingerprint density at radius 2 is 1.70 bits per heavy atom. The zero-order valence-corrected chi connectivity index (χ0v) is 12.4. The molecule has 0 spiro atoms. The highest BCUT2D eigenvalue weighted by atomic mass is 19.1. The van der Waals surface area contributed by atoms with Crippen molar-refractivity contribution in [3.63, 3.8) is 0 Å². The van der Waals surface area contributed by atoms with Gasteiger partial charge in [-0.1, -0.05) is 0 Å². The molecule has 1 saturated heterocycles. The molecule has 1 amide bonds. The first-order valence-electron chi connectivity index (χ1n) is 6.50. The van der Waals surface area contributed by atoms with Crippen molar-refractivity contribution in [1.29, 1.82) is 0 Å². The van der Waals surface area contributed by atoms with Gasteiger partial charge in [0.05, 0.1) is 11.2 Å². The van der Waals surface area contributed by atoms with Crippen LogP contribution in [0.25, 0.3) is 0 Å². The molecule has 1 aromatic rings. The van der Waals surface area contributed by atoms with Crippen LogP contribution in [0.1, 0.15) is 43.6 Å². The standard InChI is InChI=1S/C14H19BFNO3/c1-8-10(6-9(12(17)18)7-11(8)16)15-19-13(2,3)14(4,5)20-15/h6-7H,1-5H3,(H2,17,18). The van der Waals surface area contributed by atoms with Gasteiger partial charge in [0, 0.05) is 5.56 Å². The zero-order chi connectivity index (χ0) is 15.3. The third-order valence-corrected chi connectivity index (χ3v) is 4.18. The molecule has 0 bridgehead atoms. The summed E-state index contributed by atoms with van der Waals surface area (Å²) < 4.78 is 25.7. The van der Waals surface area contributed by atoms with E-state index < -0.39 is 30.0 Å². The van der Waals surface area contributed by atoms with Crippen LogP contribution in [-0.2, 0) is 9.31 Å². The van der Waals surface area contributed by atoms with Crippen LogP contribution < -0.4 is 11.2 Å². The third kappa shape index (κ3) is 2.34. The Morgan fingerprint density at radius 1 is 1.20 bits per heavy atom. The summed E-state index contributed by atoms with van der Waals surface area (Å²) in [6.45, 7) is 9.28. The predicted octanol–water partition coefficient (Wildman–Crippen LogP) is 1.53. The van der Waals surface area contributed by atoms with Crippen molar-refractivity contribution >= 4 is 18.5 Å². The Bertz CT molecular complexity index is 556. The van der Waals surface area contributed by atoms with E-state index in [1.54, 1.807) is 6.92 Å². The second-order valence-corrected chi connectivity index (χ2v) is 6.12. The second kappa shape index (κ2) is 4.57. The van der Waals surface area contributed by atoms with Gasteiger partial charge in [-0.2, -0.15) is 0 Å². The molecule has 0 aromatic heterocycles. The maximum atomic E-state index is 13.9. The quantitative estimate of drug-likeness (QED) is 0.835. The second-order valence-electron chi connectivity index (χ2n) is 6.12. The molecule has 0 saturated carbocycles. The van der Waals surface area contributed by atoms with Gasteiger partial charge in [-0.15, -0.1) is 0 Å². The lowest BCUT2D eigenvalue weighted by Gasteiger charge is -2.32. The van der Waals surface area contributed by atoms with Crippen molar-refractivity contribution in [3.8, 4) is 0 Å². The summed E-state index contributed by atoms with van der Waals surface area (Å²) in [4.78, 5) is 11.3. The number of rotatable bonds is 2. The lowest BCUT2D eigenvalue weighted by Crippen LogP contribution is -2.41. The van der Waals surface area contributed by atoms with Crippen molar-refractivity contribution in [3.05, 3.63) is 29.1 Å². The molecule has 0 radical (unpaired) electrons. The van der Waals surface area contributed by atoms with Crippen molar-refractivity contribution in [2.24, 2.45) is 5.73 Å². The Kier molecular flexibility index (Phi) is 3.43. The number of primary amides is 1. The number of halogens is 1. The van der Waals surface area contributed by atoms with Crippen LogP contribution in [0.3, 0.4) is 0 Å². The summed E-state index contributed by atoms with van der Waals surface area (Å²) in [7, 11) is -0.714. The van der Waals surface area contributed by atoms with Gasteiger partial charge in [0.2, 0.25) is 5.91 Å². The molecule has 2 rings (SSSR count). The van der Waals surface area contributed by atoms with E-state index in [1.807, 2.05) is 27.7 Å². The molecule has 0 unspecified atom stereocenters. The minimum absolute atomic E-state index is 0.109. The smallest absolute Gasteiger partial charge is 0.399 e. The molecule has 1 aromatic carbocycles. The number of benzene rings is 1. The van der Waals surface area contributed by atoms with Crippen molar-refractivity contribution in [2.75, 3.05) is 0 Å². The highest BCUT2D eigenvalue weighted by Crippen LogP contribution is 2.36. The monoisotopic (exact) mass is 279 g/mol. The number of amides is 1. The highest BCUT2D eigenvalue weighted by molar-refractivity contribution is 6.62. The van der Waals surface area contributed by atoms with Gasteiger partial charge < -0.3 is 15.0 Å². The minimum atomic E-state index is -0.714. The van der Waals surface area contributed by atoms with Gasteiger partial charge in [-0.05, 0) is 57.8 Å². The summed E-state index contributed by atoms with van der Waals surface area (Å²) in [6, 6.07) is 2.66. The molecule has 0 atom stereocenters. The first kappa shape index (κ1) is 15.0. The fourth-order valence-electron chi connectivity index (χ4n) is 2.06. The summed E-state index contributed by atoms with van der Waals surface area (Å²) in [5.41, 5.74) is 5.17. The Labute approximate surface area is 118 Å². The number of carbonyl (C=O) groups is 1. The molecule has 108 valence electrons. The van der Waals surface area contributed by atoms with Gasteiger partial charge in [0.25, 0.3) is 0 Å². The third-order valence-electron chi connectivity index (χ3n) is 4.18. The Morgan fingerprint density at radius 3 is 2.15 bits per heavy atom. The maximum Gasteiger partial charge on any atom is 0.495 e. The molecule has 1 aliphatic heterocycles. The van der Waals surface area contributed by atoms with E-state index in [0.717, 1.165) is 6.07 Å². The summed E-state index contributed by atoms with van der Waals surface area (Å²) in [5.74, 6) is -1.17. The summed E-state index contributed by atoms with van der Waals surface area (Å²) in [5, 5.41) is 0. The normalized spacial score (nSPS) is 20.2. The van der Waals surface area contributed by atoms with Crippen LogP contribution in [0.4, 0.5) is 4.39 Å². The van der Waals surface area contributed by atoms with Gasteiger partial charge in [0.15, 0.2) is 0 Å². The lowest BCUT2D eigenvalue weighted by molar-refractivity contribution is 0.00578. The predicted molar refractivity (Wildman–Crippen MR) is 75.4 cm³/mol. The average molecular weight is 279 g/mol. The van der Waals surface area contributed by atoms with Crippen molar-refractivity contribution in [2.45, 2.75) is 45.8 Å². The van der Waals surface area contributed by atoms with Crippen LogP contribution in [0.5, 0.6) is 0 Å². The van der Waals surface area contributed by atoms with Gasteiger partial charge in [-0.3, -0.25) is 4.79 Å². The van der Waals surface area contributed by atoms with Crippen LogP contribution in [-0.4, -0.2) is 24.2 Å². The molecule has 6 heteroatoms. The molecule has 0 aliphatic carbocycles. The highest BCUT2D eigenvalue weighted by Gasteiger charge is 2.52. The zero-order valence-electron chi connectivity index (χ0n) is 12.4. The molecular formula is C14H19BFNO3. The number of nitrogens with two attached hydrogens (primary N) is 1. The van der Waals surface area contributed by atoms with Crippen LogP contribution in [0.15, 0.2) is 12.1 Å². The molecular weight excluding hydrogens is 260 g/mol. The Balaban J connectivity index is 2.47. The minimum Gasteiger partial charge on any atom is -0.399 e. The first-order chi connectivity index (χ1) is 9.05. The summed E-state index contributed by atoms with van der Waals surface area (Å²) in [6.07, 6.45) is 0. The number of carbonyl (C=O) groups excluding carboxylic acids is 1. The van der Waals surface area contributed by atoms with E-state index in [9.17, 15) is 9.18 Å². The summed E-state index contributed by atoms with van der Waals surface area (Å²) >= 11 is 0. The van der Waals surface area contributed by atoms with E-state index >= 15 is 0 Å². The Hall–Kier alpha value is -1.40. The van der Waals surface area contributed by atoms with Gasteiger partial charge in [-0.25, -0.2) is 4.39 Å². The van der Waals surface area contributed by atoms with Gasteiger partial charge >= 0.3 is 7.12 Å². The van der Waals surface area contributed by atoms with Crippen LogP contribution in [0.2, 0.25) is 0 Å².